The average Bonchev–Trinajstić information content (AvgIpc) is 2.65. The van der Waals surface area contributed by atoms with E-state index in [-0.39, 0.29) is 18.0 Å². The van der Waals surface area contributed by atoms with E-state index in [1.807, 2.05) is 30.3 Å². The maximum Gasteiger partial charge on any atom is 0.254 e. The van der Waals surface area contributed by atoms with Crippen LogP contribution in [0.15, 0.2) is 70.6 Å². The van der Waals surface area contributed by atoms with Crippen LogP contribution in [0.25, 0.3) is 0 Å². The summed E-state index contributed by atoms with van der Waals surface area (Å²) in [7, 11) is 0. The molecule has 0 aliphatic carbocycles. The van der Waals surface area contributed by atoms with Gasteiger partial charge in [-0.25, -0.2) is 4.98 Å². The van der Waals surface area contributed by atoms with E-state index in [9.17, 15) is 9.59 Å². The average molecular weight is 400 g/mol. The van der Waals surface area contributed by atoms with Gasteiger partial charge in [0.2, 0.25) is 5.91 Å². The zero-order valence-electron chi connectivity index (χ0n) is 14.7. The number of hydrogen-bond acceptors (Lipinski definition) is 4. The summed E-state index contributed by atoms with van der Waals surface area (Å²) in [5.74, 6) is 0.320. The van der Waals surface area contributed by atoms with Crippen molar-refractivity contribution < 1.29 is 4.79 Å². The number of aromatic nitrogens is 2. The monoisotopic (exact) mass is 399 g/mol. The van der Waals surface area contributed by atoms with E-state index < -0.39 is 0 Å². The molecule has 7 heteroatoms. The van der Waals surface area contributed by atoms with Crippen molar-refractivity contribution in [2.75, 3.05) is 5.32 Å². The SMILES string of the molecule is Cc1cc(=O)n(CC(=O)Nc2ccccc2Cl)c(SCc2ccccc2)n1. The molecule has 2 aromatic carbocycles. The Kier molecular flexibility index (Phi) is 6.32. The lowest BCUT2D eigenvalue weighted by atomic mass is 10.2. The quantitative estimate of drug-likeness (QED) is 0.500. The minimum atomic E-state index is -0.336. The van der Waals surface area contributed by atoms with E-state index >= 15 is 0 Å². The molecule has 0 saturated carbocycles. The highest BCUT2D eigenvalue weighted by atomic mass is 35.5. The van der Waals surface area contributed by atoms with Crippen molar-refractivity contribution in [2.45, 2.75) is 24.4 Å². The molecule has 3 aromatic rings. The van der Waals surface area contributed by atoms with E-state index in [0.717, 1.165) is 5.56 Å². The smallest absolute Gasteiger partial charge is 0.254 e. The molecule has 0 saturated heterocycles. The van der Waals surface area contributed by atoms with Crippen molar-refractivity contribution >= 4 is 35.0 Å². The number of rotatable bonds is 6. The summed E-state index contributed by atoms with van der Waals surface area (Å²) in [5.41, 5.74) is 1.99. The van der Waals surface area contributed by atoms with Gasteiger partial charge in [-0.05, 0) is 24.6 Å². The number of carbonyl (C=O) groups excluding carboxylic acids is 1. The highest BCUT2D eigenvalue weighted by molar-refractivity contribution is 7.98. The van der Waals surface area contributed by atoms with Gasteiger partial charge >= 0.3 is 0 Å². The molecule has 3 rings (SSSR count). The molecule has 1 amide bonds. The van der Waals surface area contributed by atoms with Gasteiger partial charge in [-0.15, -0.1) is 0 Å². The number of hydrogen-bond donors (Lipinski definition) is 1. The van der Waals surface area contributed by atoms with Gasteiger partial charge in [-0.2, -0.15) is 0 Å². The summed E-state index contributed by atoms with van der Waals surface area (Å²) >= 11 is 7.50. The summed E-state index contributed by atoms with van der Waals surface area (Å²) in [6.07, 6.45) is 0. The molecule has 27 heavy (non-hydrogen) atoms. The predicted molar refractivity (Wildman–Crippen MR) is 109 cm³/mol. The normalized spacial score (nSPS) is 10.6. The number of para-hydroxylation sites is 1. The Morgan fingerprint density at radius 3 is 2.59 bits per heavy atom. The standard InChI is InChI=1S/C20H18ClN3O2S/c1-14-11-19(26)24(12-18(25)23-17-10-6-5-9-16(17)21)20(22-14)27-13-15-7-3-2-4-8-15/h2-11H,12-13H2,1H3,(H,23,25). The molecule has 1 aromatic heterocycles. The lowest BCUT2D eigenvalue weighted by Gasteiger charge is -2.13. The van der Waals surface area contributed by atoms with Crippen molar-refractivity contribution in [3.05, 3.63) is 87.3 Å². The van der Waals surface area contributed by atoms with E-state index in [0.29, 0.717) is 27.3 Å². The van der Waals surface area contributed by atoms with Crippen LogP contribution in [0.5, 0.6) is 0 Å². The van der Waals surface area contributed by atoms with Crippen molar-refractivity contribution in [2.24, 2.45) is 0 Å². The summed E-state index contributed by atoms with van der Waals surface area (Å²) in [6, 6.07) is 18.3. The molecule has 0 fully saturated rings. The second-order valence-corrected chi connectivity index (χ2v) is 7.26. The van der Waals surface area contributed by atoms with Crippen LogP contribution in [0.1, 0.15) is 11.3 Å². The summed E-state index contributed by atoms with van der Waals surface area (Å²) in [6.45, 7) is 1.64. The van der Waals surface area contributed by atoms with Gasteiger partial charge < -0.3 is 5.32 Å². The zero-order valence-corrected chi connectivity index (χ0v) is 16.3. The number of nitrogens with one attached hydrogen (secondary N) is 1. The molecule has 138 valence electrons. The van der Waals surface area contributed by atoms with Crippen molar-refractivity contribution in [3.63, 3.8) is 0 Å². The number of benzene rings is 2. The van der Waals surface area contributed by atoms with Crippen LogP contribution in [-0.4, -0.2) is 15.5 Å². The molecule has 1 heterocycles. The topological polar surface area (TPSA) is 64.0 Å². The van der Waals surface area contributed by atoms with Crippen molar-refractivity contribution in [1.82, 2.24) is 9.55 Å². The first-order valence-corrected chi connectivity index (χ1v) is 9.69. The van der Waals surface area contributed by atoms with Gasteiger partial charge in [-0.3, -0.25) is 14.2 Å². The number of thioether (sulfide) groups is 1. The van der Waals surface area contributed by atoms with Gasteiger partial charge in [0.05, 0.1) is 10.7 Å². The Balaban J connectivity index is 1.78. The third-order valence-electron chi connectivity index (χ3n) is 3.76. The Morgan fingerprint density at radius 2 is 1.85 bits per heavy atom. The van der Waals surface area contributed by atoms with E-state index in [1.54, 1.807) is 31.2 Å². The zero-order chi connectivity index (χ0) is 19.2. The van der Waals surface area contributed by atoms with Gasteiger partial charge in [0.25, 0.3) is 5.56 Å². The molecule has 0 atom stereocenters. The molecule has 0 aliphatic rings. The first-order valence-electron chi connectivity index (χ1n) is 8.32. The largest absolute Gasteiger partial charge is 0.323 e. The number of amides is 1. The second kappa shape index (κ2) is 8.88. The number of carbonyl (C=O) groups is 1. The maximum absolute atomic E-state index is 12.4. The molecule has 5 nitrogen and oxygen atoms in total. The highest BCUT2D eigenvalue weighted by Gasteiger charge is 2.13. The highest BCUT2D eigenvalue weighted by Crippen LogP contribution is 2.22. The number of aryl methyl sites for hydroxylation is 1. The van der Waals surface area contributed by atoms with Gasteiger partial charge in [0.1, 0.15) is 6.54 Å². The third-order valence-corrected chi connectivity index (χ3v) is 5.14. The Bertz CT molecular complexity index is 1010. The molecular weight excluding hydrogens is 382 g/mol. The van der Waals surface area contributed by atoms with Crippen LogP contribution in [0, 0.1) is 6.92 Å². The van der Waals surface area contributed by atoms with Gasteiger partial charge in [0.15, 0.2) is 5.16 Å². The Morgan fingerprint density at radius 1 is 1.15 bits per heavy atom. The van der Waals surface area contributed by atoms with Crippen LogP contribution in [-0.2, 0) is 17.1 Å². The molecular formula is C20H18ClN3O2S. The van der Waals surface area contributed by atoms with E-state index in [4.69, 9.17) is 11.6 Å². The molecule has 0 aliphatic heterocycles. The second-order valence-electron chi connectivity index (χ2n) is 5.91. The fraction of sp³-hybridized carbons (Fsp3) is 0.150. The summed E-state index contributed by atoms with van der Waals surface area (Å²) in [4.78, 5) is 29.3. The first kappa shape index (κ1) is 19.2. The number of halogens is 1. The fourth-order valence-electron chi connectivity index (χ4n) is 2.47. The molecule has 0 unspecified atom stereocenters. The Labute approximate surface area is 166 Å². The lowest BCUT2D eigenvalue weighted by Crippen LogP contribution is -2.29. The lowest BCUT2D eigenvalue weighted by molar-refractivity contribution is -0.116. The number of anilines is 1. The van der Waals surface area contributed by atoms with Crippen LogP contribution in [0.4, 0.5) is 5.69 Å². The fourth-order valence-corrected chi connectivity index (χ4v) is 3.66. The summed E-state index contributed by atoms with van der Waals surface area (Å²) < 4.78 is 1.38. The Hall–Kier alpha value is -2.57. The van der Waals surface area contributed by atoms with Crippen LogP contribution in [0.3, 0.4) is 0 Å². The van der Waals surface area contributed by atoms with Gasteiger partial charge in [0, 0.05) is 17.5 Å². The molecule has 0 bridgehead atoms. The molecule has 0 radical (unpaired) electrons. The number of nitrogens with zero attached hydrogens (tertiary/aromatic N) is 2. The minimum absolute atomic E-state index is 0.130. The van der Waals surface area contributed by atoms with E-state index in [2.05, 4.69) is 10.3 Å². The van der Waals surface area contributed by atoms with E-state index in [1.165, 1.54) is 22.4 Å². The molecule has 0 spiro atoms. The third kappa shape index (κ3) is 5.21. The first-order chi connectivity index (χ1) is 13.0. The van der Waals surface area contributed by atoms with Crippen LogP contribution in [0.2, 0.25) is 5.02 Å². The molecule has 1 N–H and O–H groups in total. The van der Waals surface area contributed by atoms with Crippen molar-refractivity contribution in [1.29, 1.82) is 0 Å². The van der Waals surface area contributed by atoms with Crippen LogP contribution >= 0.6 is 23.4 Å². The maximum atomic E-state index is 12.4. The minimum Gasteiger partial charge on any atom is -0.323 e. The van der Waals surface area contributed by atoms with Gasteiger partial charge in [-0.1, -0.05) is 65.8 Å². The summed E-state index contributed by atoms with van der Waals surface area (Å²) in [5, 5.41) is 3.69. The van der Waals surface area contributed by atoms with Crippen molar-refractivity contribution in [3.8, 4) is 0 Å². The predicted octanol–water partition coefficient (Wildman–Crippen LogP) is 4.14. The van der Waals surface area contributed by atoms with Crippen LogP contribution < -0.4 is 10.9 Å².